The highest BCUT2D eigenvalue weighted by Crippen LogP contribution is 2.64. The highest BCUT2D eigenvalue weighted by molar-refractivity contribution is 5.99. The zero-order valence-electron chi connectivity index (χ0n) is 25.7. The molecule has 0 radical (unpaired) electrons. The molecule has 3 nitrogen and oxygen atoms in total. The summed E-state index contributed by atoms with van der Waals surface area (Å²) >= 11 is 0. The molecule has 0 fully saturated rings. The Morgan fingerprint density at radius 2 is 1.13 bits per heavy atom. The van der Waals surface area contributed by atoms with E-state index in [4.69, 9.17) is 9.97 Å². The number of allylic oxidation sites excluding steroid dienone is 4. The first-order valence-corrected chi connectivity index (χ1v) is 16.3. The van der Waals surface area contributed by atoms with Crippen LogP contribution in [0.25, 0.3) is 61.4 Å². The zero-order chi connectivity index (χ0) is 31.0. The number of nitrogens with zero attached hydrogens (tertiary/aromatic N) is 3. The summed E-state index contributed by atoms with van der Waals surface area (Å²) in [6.07, 6.45) is 10.5. The van der Waals surface area contributed by atoms with E-state index in [1.807, 2.05) is 30.6 Å². The number of benzene rings is 5. The molecule has 0 aliphatic heterocycles. The highest BCUT2D eigenvalue weighted by Gasteiger charge is 2.52. The van der Waals surface area contributed by atoms with Gasteiger partial charge in [-0.2, -0.15) is 0 Å². The molecule has 2 heterocycles. The molecule has 1 spiro atoms. The van der Waals surface area contributed by atoms with Crippen LogP contribution in [0.15, 0.2) is 158 Å². The van der Waals surface area contributed by atoms with Crippen molar-refractivity contribution >= 4 is 16.6 Å². The lowest BCUT2D eigenvalue weighted by Gasteiger charge is -2.34. The molecule has 3 heteroatoms. The number of fused-ring (bicyclic) bond motifs is 10. The zero-order valence-corrected chi connectivity index (χ0v) is 25.7. The molecule has 0 amide bonds. The Morgan fingerprint density at radius 3 is 1.89 bits per heavy atom. The van der Waals surface area contributed by atoms with Crippen LogP contribution in [-0.2, 0) is 5.41 Å². The van der Waals surface area contributed by atoms with Crippen molar-refractivity contribution in [2.45, 2.75) is 18.3 Å². The summed E-state index contributed by atoms with van der Waals surface area (Å²) in [7, 11) is 0. The van der Waals surface area contributed by atoms with Crippen molar-refractivity contribution < 1.29 is 0 Å². The van der Waals surface area contributed by atoms with E-state index >= 15 is 0 Å². The van der Waals surface area contributed by atoms with Gasteiger partial charge in [-0.3, -0.25) is 4.98 Å². The number of para-hydroxylation sites is 2. The molecule has 0 saturated carbocycles. The summed E-state index contributed by atoms with van der Waals surface area (Å²) in [5, 5.41) is 0. The molecule has 1 unspecified atom stereocenters. The van der Waals surface area contributed by atoms with Gasteiger partial charge in [0.1, 0.15) is 0 Å². The van der Waals surface area contributed by atoms with Crippen LogP contribution in [0.5, 0.6) is 0 Å². The molecule has 0 bridgehead atoms. The maximum Gasteiger partial charge on any atom is 0.0973 e. The molecular formula is C44H29N3. The second kappa shape index (κ2) is 10.0. The third kappa shape index (κ3) is 3.71. The maximum atomic E-state index is 5.30. The van der Waals surface area contributed by atoms with Crippen LogP contribution >= 0.6 is 0 Å². The van der Waals surface area contributed by atoms with Gasteiger partial charge in [0.25, 0.3) is 0 Å². The summed E-state index contributed by atoms with van der Waals surface area (Å²) in [6, 6.07) is 46.0. The smallest absolute Gasteiger partial charge is 0.0973 e. The number of aromatic nitrogens is 3. The lowest BCUT2D eigenvalue weighted by Crippen LogP contribution is -2.28. The van der Waals surface area contributed by atoms with Crippen LogP contribution in [0.3, 0.4) is 0 Å². The van der Waals surface area contributed by atoms with E-state index in [1.165, 1.54) is 55.7 Å². The molecule has 5 aromatic carbocycles. The minimum atomic E-state index is -0.391. The van der Waals surface area contributed by atoms with Crippen LogP contribution in [0.4, 0.5) is 0 Å². The van der Waals surface area contributed by atoms with Crippen molar-refractivity contribution in [1.29, 1.82) is 0 Å². The molecule has 3 aliphatic rings. The first-order valence-electron chi connectivity index (χ1n) is 16.3. The predicted octanol–water partition coefficient (Wildman–Crippen LogP) is 10.5. The molecule has 10 rings (SSSR count). The fraction of sp³-hybridized carbons (Fsp3) is 0.0682. The summed E-state index contributed by atoms with van der Waals surface area (Å²) < 4.78 is 0. The third-order valence-electron chi connectivity index (χ3n) is 10.3. The standard InChI is InChI=1S/C44H29N3/c1-2-10-29(11-3-1)42-43(47-41-17-9-8-16-40(41)46-42)31-19-21-35-34-20-18-30(28-22-24-45-25-23-28)26-38(34)44(39(35)27-31)36-14-6-4-12-32(36)33-13-5-7-15-37(33)44/h1-6,8-14,16-27H,7,15H2. The molecule has 7 aromatic rings. The van der Waals surface area contributed by atoms with Gasteiger partial charge in [0.05, 0.1) is 27.8 Å². The summed E-state index contributed by atoms with van der Waals surface area (Å²) in [5.41, 5.74) is 18.6. The Kier molecular flexibility index (Phi) is 5.62. The van der Waals surface area contributed by atoms with Gasteiger partial charge in [0, 0.05) is 23.5 Å². The Balaban J connectivity index is 1.28. The Labute approximate surface area is 273 Å². The summed E-state index contributed by atoms with van der Waals surface area (Å²) in [4.78, 5) is 14.8. The van der Waals surface area contributed by atoms with E-state index < -0.39 is 5.41 Å². The number of rotatable bonds is 3. The summed E-state index contributed by atoms with van der Waals surface area (Å²) in [6.45, 7) is 0. The van der Waals surface area contributed by atoms with Crippen molar-refractivity contribution in [3.8, 4) is 44.8 Å². The average molecular weight is 600 g/mol. The Hall–Kier alpha value is -5.93. The second-order valence-electron chi connectivity index (χ2n) is 12.7. The van der Waals surface area contributed by atoms with Gasteiger partial charge < -0.3 is 0 Å². The second-order valence-corrected chi connectivity index (χ2v) is 12.7. The fourth-order valence-electron chi connectivity index (χ4n) is 8.32. The lowest BCUT2D eigenvalue weighted by atomic mass is 9.67. The van der Waals surface area contributed by atoms with Crippen molar-refractivity contribution in [2.75, 3.05) is 0 Å². The van der Waals surface area contributed by atoms with Crippen molar-refractivity contribution in [1.82, 2.24) is 15.0 Å². The first-order chi connectivity index (χ1) is 23.3. The van der Waals surface area contributed by atoms with E-state index in [2.05, 4.69) is 126 Å². The van der Waals surface area contributed by atoms with Gasteiger partial charge in [-0.1, -0.05) is 103 Å². The van der Waals surface area contributed by atoms with Gasteiger partial charge in [-0.05, 0) is 105 Å². The number of pyridine rings is 1. The van der Waals surface area contributed by atoms with Crippen molar-refractivity contribution in [3.63, 3.8) is 0 Å². The van der Waals surface area contributed by atoms with Gasteiger partial charge in [-0.15, -0.1) is 0 Å². The SMILES string of the molecule is C1=CC2=C(CC1)C1(c3ccccc32)c2cc(-c3ccncc3)ccc2-c2ccc(-c3nc4ccccc4nc3-c3ccccc3)cc21. The quantitative estimate of drug-likeness (QED) is 0.203. The molecule has 220 valence electrons. The fourth-order valence-corrected chi connectivity index (χ4v) is 8.32. The molecular weight excluding hydrogens is 571 g/mol. The largest absolute Gasteiger partial charge is 0.265 e. The highest BCUT2D eigenvalue weighted by atomic mass is 14.8. The van der Waals surface area contributed by atoms with Gasteiger partial charge in [0.2, 0.25) is 0 Å². The topological polar surface area (TPSA) is 38.7 Å². The van der Waals surface area contributed by atoms with Crippen LogP contribution < -0.4 is 0 Å². The van der Waals surface area contributed by atoms with Crippen LogP contribution in [0.2, 0.25) is 0 Å². The van der Waals surface area contributed by atoms with Crippen LogP contribution in [0.1, 0.15) is 35.1 Å². The summed E-state index contributed by atoms with van der Waals surface area (Å²) in [5.74, 6) is 0. The van der Waals surface area contributed by atoms with E-state index in [0.717, 1.165) is 46.4 Å². The molecule has 1 atom stereocenters. The molecule has 0 N–H and O–H groups in total. The first kappa shape index (κ1) is 26.3. The predicted molar refractivity (Wildman–Crippen MR) is 191 cm³/mol. The van der Waals surface area contributed by atoms with Crippen LogP contribution in [-0.4, -0.2) is 15.0 Å². The average Bonchev–Trinajstić information content (AvgIpc) is 3.61. The lowest BCUT2D eigenvalue weighted by molar-refractivity contribution is 0.714. The van der Waals surface area contributed by atoms with E-state index in [0.29, 0.717) is 0 Å². The van der Waals surface area contributed by atoms with E-state index in [-0.39, 0.29) is 0 Å². The minimum absolute atomic E-state index is 0.391. The van der Waals surface area contributed by atoms with Gasteiger partial charge >= 0.3 is 0 Å². The molecule has 3 aliphatic carbocycles. The minimum Gasteiger partial charge on any atom is -0.265 e. The van der Waals surface area contributed by atoms with E-state index in [1.54, 1.807) is 0 Å². The van der Waals surface area contributed by atoms with Gasteiger partial charge in [0.15, 0.2) is 0 Å². The normalized spacial score (nSPS) is 17.1. The maximum absolute atomic E-state index is 5.30. The van der Waals surface area contributed by atoms with Crippen LogP contribution in [0, 0.1) is 0 Å². The number of hydrogen-bond donors (Lipinski definition) is 0. The molecule has 47 heavy (non-hydrogen) atoms. The Morgan fingerprint density at radius 1 is 0.489 bits per heavy atom. The Bertz CT molecular complexity index is 2460. The van der Waals surface area contributed by atoms with Crippen molar-refractivity contribution in [3.05, 3.63) is 180 Å². The molecule has 0 saturated heterocycles. The monoisotopic (exact) mass is 599 g/mol. The van der Waals surface area contributed by atoms with Crippen molar-refractivity contribution in [2.24, 2.45) is 0 Å². The third-order valence-corrected chi connectivity index (χ3v) is 10.3. The van der Waals surface area contributed by atoms with E-state index in [9.17, 15) is 0 Å². The van der Waals surface area contributed by atoms with Gasteiger partial charge in [-0.25, -0.2) is 9.97 Å². The molecule has 2 aromatic heterocycles. The number of hydrogen-bond acceptors (Lipinski definition) is 3.